The highest BCUT2D eigenvalue weighted by molar-refractivity contribution is 6.31. The van der Waals surface area contributed by atoms with Crippen molar-refractivity contribution in [2.24, 2.45) is 5.10 Å². The lowest BCUT2D eigenvalue weighted by molar-refractivity contribution is -0.123. The fourth-order valence-corrected chi connectivity index (χ4v) is 2.00. The van der Waals surface area contributed by atoms with Crippen LogP contribution in [0.2, 0.25) is 5.02 Å². The van der Waals surface area contributed by atoms with E-state index in [-0.39, 0.29) is 12.5 Å². The molecule has 0 aliphatic rings. The molecule has 2 aromatic rings. The van der Waals surface area contributed by atoms with Gasteiger partial charge >= 0.3 is 0 Å². The fourth-order valence-electron chi connectivity index (χ4n) is 1.88. The van der Waals surface area contributed by atoms with E-state index in [0.717, 1.165) is 16.9 Å². The van der Waals surface area contributed by atoms with E-state index in [4.69, 9.17) is 21.1 Å². The van der Waals surface area contributed by atoms with Crippen LogP contribution in [-0.2, 0) is 4.79 Å². The van der Waals surface area contributed by atoms with E-state index in [2.05, 4.69) is 10.5 Å². The van der Waals surface area contributed by atoms with Gasteiger partial charge in [-0.15, -0.1) is 0 Å². The Balaban J connectivity index is 1.78. The molecule has 0 atom stereocenters. The minimum absolute atomic E-state index is 0.123. The van der Waals surface area contributed by atoms with Gasteiger partial charge in [-0.3, -0.25) is 4.79 Å². The molecule has 0 fully saturated rings. The van der Waals surface area contributed by atoms with Crippen LogP contribution in [0.1, 0.15) is 18.1 Å². The molecule has 0 aliphatic carbocycles. The van der Waals surface area contributed by atoms with Gasteiger partial charge in [-0.2, -0.15) is 5.10 Å². The summed E-state index contributed by atoms with van der Waals surface area (Å²) in [6.07, 6.45) is 1.56. The summed E-state index contributed by atoms with van der Waals surface area (Å²) in [6, 6.07) is 12.6. The number of halogens is 1. The van der Waals surface area contributed by atoms with E-state index in [9.17, 15) is 4.79 Å². The van der Waals surface area contributed by atoms with Crippen molar-refractivity contribution in [3.8, 4) is 11.5 Å². The highest BCUT2D eigenvalue weighted by atomic mass is 35.5. The van der Waals surface area contributed by atoms with Crippen molar-refractivity contribution in [2.75, 3.05) is 13.2 Å². The molecular formula is C18H19ClN2O3. The summed E-state index contributed by atoms with van der Waals surface area (Å²) in [5, 5.41) is 4.55. The van der Waals surface area contributed by atoms with Gasteiger partial charge in [0, 0.05) is 5.02 Å². The Morgan fingerprint density at radius 2 is 1.88 bits per heavy atom. The molecule has 0 unspecified atom stereocenters. The van der Waals surface area contributed by atoms with Gasteiger partial charge < -0.3 is 9.47 Å². The van der Waals surface area contributed by atoms with Gasteiger partial charge in [-0.1, -0.05) is 11.6 Å². The normalized spacial score (nSPS) is 10.6. The number of benzene rings is 2. The number of hydrazone groups is 1. The molecule has 1 amide bonds. The van der Waals surface area contributed by atoms with Crippen molar-refractivity contribution < 1.29 is 14.3 Å². The molecule has 24 heavy (non-hydrogen) atoms. The van der Waals surface area contributed by atoms with Gasteiger partial charge in [0.2, 0.25) is 0 Å². The van der Waals surface area contributed by atoms with Gasteiger partial charge in [0.05, 0.1) is 12.8 Å². The lowest BCUT2D eigenvalue weighted by Crippen LogP contribution is -2.24. The largest absolute Gasteiger partial charge is 0.494 e. The molecule has 0 aliphatic heterocycles. The van der Waals surface area contributed by atoms with Crippen LogP contribution in [0.15, 0.2) is 47.6 Å². The third kappa shape index (κ3) is 5.59. The van der Waals surface area contributed by atoms with Gasteiger partial charge in [0.25, 0.3) is 5.91 Å². The van der Waals surface area contributed by atoms with E-state index in [1.54, 1.807) is 24.4 Å². The SMILES string of the molecule is CCOc1ccc(/C=N/NC(=O)COc2ccc(Cl)c(C)c2)cc1. The number of nitrogens with zero attached hydrogens (tertiary/aromatic N) is 1. The van der Waals surface area contributed by atoms with Crippen molar-refractivity contribution in [1.82, 2.24) is 5.43 Å². The second kappa shape index (κ2) is 8.93. The highest BCUT2D eigenvalue weighted by Crippen LogP contribution is 2.20. The summed E-state index contributed by atoms with van der Waals surface area (Å²) in [7, 11) is 0. The standard InChI is InChI=1S/C18H19ClN2O3/c1-3-23-15-6-4-14(5-7-15)11-20-21-18(22)12-24-16-8-9-17(19)13(2)10-16/h4-11H,3,12H2,1-2H3,(H,21,22)/b20-11+. The number of amides is 1. The molecule has 5 nitrogen and oxygen atoms in total. The van der Waals surface area contributed by atoms with Crippen molar-refractivity contribution in [3.05, 3.63) is 58.6 Å². The van der Waals surface area contributed by atoms with Crippen LogP contribution in [0.5, 0.6) is 11.5 Å². The summed E-state index contributed by atoms with van der Waals surface area (Å²) in [5.41, 5.74) is 4.16. The molecular weight excluding hydrogens is 328 g/mol. The Bertz CT molecular complexity index is 715. The number of nitrogens with one attached hydrogen (secondary N) is 1. The Labute approximate surface area is 146 Å². The van der Waals surface area contributed by atoms with Crippen LogP contribution in [0.3, 0.4) is 0 Å². The molecule has 0 bridgehead atoms. The minimum atomic E-state index is -0.343. The first kappa shape index (κ1) is 17.8. The van der Waals surface area contributed by atoms with Crippen LogP contribution in [0.4, 0.5) is 0 Å². The average Bonchev–Trinajstić information content (AvgIpc) is 2.58. The zero-order valence-electron chi connectivity index (χ0n) is 13.6. The monoisotopic (exact) mass is 346 g/mol. The van der Waals surface area contributed by atoms with Gasteiger partial charge in [-0.25, -0.2) is 5.43 Å². The molecule has 0 heterocycles. The number of hydrogen-bond acceptors (Lipinski definition) is 4. The Morgan fingerprint density at radius 3 is 2.54 bits per heavy atom. The van der Waals surface area contributed by atoms with Gasteiger partial charge in [0.1, 0.15) is 11.5 Å². The summed E-state index contributed by atoms with van der Waals surface area (Å²) in [6.45, 7) is 4.30. The summed E-state index contributed by atoms with van der Waals surface area (Å²) < 4.78 is 10.7. The average molecular weight is 347 g/mol. The van der Waals surface area contributed by atoms with Crippen LogP contribution in [0.25, 0.3) is 0 Å². The highest BCUT2D eigenvalue weighted by Gasteiger charge is 2.03. The van der Waals surface area contributed by atoms with E-state index >= 15 is 0 Å². The summed E-state index contributed by atoms with van der Waals surface area (Å²) in [4.78, 5) is 11.7. The Morgan fingerprint density at radius 1 is 1.17 bits per heavy atom. The number of carbonyl (C=O) groups is 1. The lowest BCUT2D eigenvalue weighted by Gasteiger charge is -2.06. The number of carbonyl (C=O) groups excluding carboxylic acids is 1. The van der Waals surface area contributed by atoms with Gasteiger partial charge in [-0.05, 0) is 67.4 Å². The first-order valence-corrected chi connectivity index (χ1v) is 7.90. The predicted octanol–water partition coefficient (Wildman–Crippen LogP) is 3.58. The number of aryl methyl sites for hydroxylation is 1. The Hall–Kier alpha value is -2.53. The second-order valence-electron chi connectivity index (χ2n) is 4.99. The number of hydrogen-bond donors (Lipinski definition) is 1. The van der Waals surface area contributed by atoms with Crippen molar-refractivity contribution in [3.63, 3.8) is 0 Å². The van der Waals surface area contributed by atoms with E-state index in [1.807, 2.05) is 38.1 Å². The second-order valence-corrected chi connectivity index (χ2v) is 5.40. The third-order valence-corrected chi connectivity index (χ3v) is 3.52. The quantitative estimate of drug-likeness (QED) is 0.615. The molecule has 6 heteroatoms. The van der Waals surface area contributed by atoms with Crippen molar-refractivity contribution in [1.29, 1.82) is 0 Å². The van der Waals surface area contributed by atoms with E-state index < -0.39 is 0 Å². The molecule has 0 radical (unpaired) electrons. The van der Waals surface area contributed by atoms with Crippen LogP contribution < -0.4 is 14.9 Å². The van der Waals surface area contributed by atoms with Crippen LogP contribution >= 0.6 is 11.6 Å². The third-order valence-electron chi connectivity index (χ3n) is 3.09. The lowest BCUT2D eigenvalue weighted by atomic mass is 10.2. The maximum Gasteiger partial charge on any atom is 0.277 e. The maximum absolute atomic E-state index is 11.7. The van der Waals surface area contributed by atoms with Gasteiger partial charge in [0.15, 0.2) is 6.61 Å². The topological polar surface area (TPSA) is 59.9 Å². The fraction of sp³-hybridized carbons (Fsp3) is 0.222. The molecule has 2 rings (SSSR count). The summed E-state index contributed by atoms with van der Waals surface area (Å²) in [5.74, 6) is 1.04. The first-order chi connectivity index (χ1) is 11.6. The molecule has 0 saturated carbocycles. The number of ether oxygens (including phenoxy) is 2. The number of rotatable bonds is 7. The maximum atomic E-state index is 11.7. The first-order valence-electron chi connectivity index (χ1n) is 7.52. The van der Waals surface area contributed by atoms with Crippen LogP contribution in [0, 0.1) is 6.92 Å². The molecule has 126 valence electrons. The smallest absolute Gasteiger partial charge is 0.277 e. The molecule has 0 spiro atoms. The van der Waals surface area contributed by atoms with E-state index in [1.165, 1.54) is 0 Å². The van der Waals surface area contributed by atoms with Crippen molar-refractivity contribution >= 4 is 23.7 Å². The zero-order chi connectivity index (χ0) is 17.4. The molecule has 2 aromatic carbocycles. The molecule has 0 saturated heterocycles. The summed E-state index contributed by atoms with van der Waals surface area (Å²) >= 11 is 5.94. The minimum Gasteiger partial charge on any atom is -0.494 e. The predicted molar refractivity (Wildman–Crippen MR) is 95.0 cm³/mol. The zero-order valence-corrected chi connectivity index (χ0v) is 14.3. The van der Waals surface area contributed by atoms with Crippen molar-refractivity contribution in [2.45, 2.75) is 13.8 Å². The molecule has 0 aromatic heterocycles. The molecule has 1 N–H and O–H groups in total. The Kier molecular flexibility index (Phi) is 6.63. The van der Waals surface area contributed by atoms with Crippen LogP contribution in [-0.4, -0.2) is 25.3 Å². The van der Waals surface area contributed by atoms with E-state index in [0.29, 0.717) is 17.4 Å².